The Morgan fingerprint density at radius 2 is 1.63 bits per heavy atom. The summed E-state index contributed by atoms with van der Waals surface area (Å²) in [5.41, 5.74) is 2.93. The van der Waals surface area contributed by atoms with Gasteiger partial charge in [-0.1, -0.05) is 38.1 Å². The van der Waals surface area contributed by atoms with Gasteiger partial charge in [0.25, 0.3) is 0 Å². The highest BCUT2D eigenvalue weighted by molar-refractivity contribution is 5.24. The van der Waals surface area contributed by atoms with E-state index in [-0.39, 0.29) is 0 Å². The van der Waals surface area contributed by atoms with Crippen molar-refractivity contribution in [2.75, 3.05) is 39.8 Å². The predicted octanol–water partition coefficient (Wildman–Crippen LogP) is 2.99. The molecule has 1 heterocycles. The Morgan fingerprint density at radius 1 is 1.00 bits per heavy atom. The number of aryl methyl sites for hydroxylation is 1. The SMILES string of the molecule is CC(C)c1ccc(CCCN2CCN(C)CC2)cc1. The van der Waals surface area contributed by atoms with Gasteiger partial charge in [-0.05, 0) is 43.5 Å². The average molecular weight is 260 g/mol. The van der Waals surface area contributed by atoms with E-state index < -0.39 is 0 Å². The summed E-state index contributed by atoms with van der Waals surface area (Å²) in [6, 6.07) is 9.18. The summed E-state index contributed by atoms with van der Waals surface area (Å²) in [4.78, 5) is 5.02. The van der Waals surface area contributed by atoms with Crippen molar-refractivity contribution >= 4 is 0 Å². The van der Waals surface area contributed by atoms with Crippen molar-refractivity contribution in [1.29, 1.82) is 0 Å². The van der Waals surface area contributed by atoms with Crippen LogP contribution in [0.1, 0.15) is 37.3 Å². The molecule has 2 nitrogen and oxygen atoms in total. The fourth-order valence-electron chi connectivity index (χ4n) is 2.65. The van der Waals surface area contributed by atoms with Crippen LogP contribution >= 0.6 is 0 Å². The van der Waals surface area contributed by atoms with E-state index in [4.69, 9.17) is 0 Å². The Labute approximate surface area is 118 Å². The maximum Gasteiger partial charge on any atom is 0.0110 e. The van der Waals surface area contributed by atoms with E-state index in [0.717, 1.165) is 0 Å². The van der Waals surface area contributed by atoms with Gasteiger partial charge < -0.3 is 9.80 Å². The number of piperazine rings is 1. The lowest BCUT2D eigenvalue weighted by atomic mass is 10.0. The maximum absolute atomic E-state index is 2.60. The second kappa shape index (κ2) is 7.06. The lowest BCUT2D eigenvalue weighted by Gasteiger charge is -2.32. The summed E-state index contributed by atoms with van der Waals surface area (Å²) < 4.78 is 0. The third kappa shape index (κ3) is 4.63. The molecule has 1 fully saturated rings. The molecule has 0 spiro atoms. The quantitative estimate of drug-likeness (QED) is 0.803. The van der Waals surface area contributed by atoms with Gasteiger partial charge in [0.15, 0.2) is 0 Å². The number of rotatable bonds is 5. The van der Waals surface area contributed by atoms with E-state index >= 15 is 0 Å². The van der Waals surface area contributed by atoms with Crippen molar-refractivity contribution in [1.82, 2.24) is 9.80 Å². The lowest BCUT2D eigenvalue weighted by Crippen LogP contribution is -2.44. The van der Waals surface area contributed by atoms with Gasteiger partial charge in [-0.25, -0.2) is 0 Å². The van der Waals surface area contributed by atoms with E-state index in [9.17, 15) is 0 Å². The highest BCUT2D eigenvalue weighted by Crippen LogP contribution is 2.15. The fourth-order valence-corrected chi connectivity index (χ4v) is 2.65. The third-order valence-electron chi connectivity index (χ3n) is 4.18. The molecule has 0 aliphatic carbocycles. The van der Waals surface area contributed by atoms with Crippen LogP contribution in [-0.2, 0) is 6.42 Å². The fraction of sp³-hybridized carbons (Fsp3) is 0.647. The highest BCUT2D eigenvalue weighted by atomic mass is 15.2. The average Bonchev–Trinajstić information content (AvgIpc) is 2.41. The molecule has 2 heteroatoms. The Kier molecular flexibility index (Phi) is 5.41. The number of nitrogens with zero attached hydrogens (tertiary/aromatic N) is 2. The first-order chi connectivity index (χ1) is 9.15. The molecule has 1 aliphatic heterocycles. The van der Waals surface area contributed by atoms with Gasteiger partial charge in [0.05, 0.1) is 0 Å². The van der Waals surface area contributed by atoms with Crippen LogP contribution in [0.15, 0.2) is 24.3 Å². The van der Waals surface area contributed by atoms with E-state index in [2.05, 4.69) is 55.0 Å². The summed E-state index contributed by atoms with van der Waals surface area (Å²) in [7, 11) is 2.22. The number of likely N-dealkylation sites (N-methyl/N-ethyl adjacent to an activating group) is 1. The zero-order chi connectivity index (χ0) is 13.7. The molecule has 1 aromatic carbocycles. The minimum absolute atomic E-state index is 0.638. The molecule has 1 aliphatic rings. The van der Waals surface area contributed by atoms with Crippen molar-refractivity contribution in [3.8, 4) is 0 Å². The largest absolute Gasteiger partial charge is 0.304 e. The first-order valence-corrected chi connectivity index (χ1v) is 7.65. The van der Waals surface area contributed by atoms with E-state index in [1.165, 1.54) is 56.7 Å². The molecule has 0 radical (unpaired) electrons. The minimum atomic E-state index is 0.638. The summed E-state index contributed by atoms with van der Waals surface area (Å²) in [5.74, 6) is 0.638. The van der Waals surface area contributed by atoms with Gasteiger partial charge in [0, 0.05) is 26.2 Å². The molecule has 0 bridgehead atoms. The Bertz CT molecular complexity index is 361. The van der Waals surface area contributed by atoms with Gasteiger partial charge in [0.1, 0.15) is 0 Å². The maximum atomic E-state index is 2.60. The molecule has 0 unspecified atom stereocenters. The summed E-state index contributed by atoms with van der Waals surface area (Å²) in [5, 5.41) is 0. The van der Waals surface area contributed by atoms with Crippen LogP contribution in [0.3, 0.4) is 0 Å². The van der Waals surface area contributed by atoms with Gasteiger partial charge in [-0.2, -0.15) is 0 Å². The number of benzene rings is 1. The van der Waals surface area contributed by atoms with E-state index in [1.54, 1.807) is 0 Å². The topological polar surface area (TPSA) is 6.48 Å². The molecule has 0 atom stereocenters. The molecule has 1 saturated heterocycles. The third-order valence-corrected chi connectivity index (χ3v) is 4.18. The first kappa shape index (κ1) is 14.5. The van der Waals surface area contributed by atoms with Crippen LogP contribution in [-0.4, -0.2) is 49.6 Å². The molecule has 19 heavy (non-hydrogen) atoms. The molecule has 106 valence electrons. The minimum Gasteiger partial charge on any atom is -0.304 e. The Hall–Kier alpha value is -0.860. The molecule has 2 rings (SSSR count). The number of hydrogen-bond acceptors (Lipinski definition) is 2. The zero-order valence-corrected chi connectivity index (χ0v) is 12.7. The van der Waals surface area contributed by atoms with Crippen LogP contribution in [0.25, 0.3) is 0 Å². The second-order valence-corrected chi connectivity index (χ2v) is 6.14. The molecule has 0 saturated carbocycles. The van der Waals surface area contributed by atoms with Crippen LogP contribution < -0.4 is 0 Å². The van der Waals surface area contributed by atoms with Crippen molar-refractivity contribution in [2.24, 2.45) is 0 Å². The molecular weight excluding hydrogens is 232 g/mol. The molecular formula is C17H28N2. The van der Waals surface area contributed by atoms with Gasteiger partial charge in [-0.15, -0.1) is 0 Å². The normalized spacial score (nSPS) is 18.1. The van der Waals surface area contributed by atoms with Gasteiger partial charge in [0.2, 0.25) is 0 Å². The predicted molar refractivity (Wildman–Crippen MR) is 82.8 cm³/mol. The smallest absolute Gasteiger partial charge is 0.0110 e. The summed E-state index contributed by atoms with van der Waals surface area (Å²) in [6.45, 7) is 10.7. The molecule has 0 aromatic heterocycles. The highest BCUT2D eigenvalue weighted by Gasteiger charge is 2.12. The molecule has 0 amide bonds. The van der Waals surface area contributed by atoms with Crippen LogP contribution in [0.5, 0.6) is 0 Å². The lowest BCUT2D eigenvalue weighted by molar-refractivity contribution is 0.153. The summed E-state index contributed by atoms with van der Waals surface area (Å²) >= 11 is 0. The molecule has 1 aromatic rings. The number of hydrogen-bond donors (Lipinski definition) is 0. The molecule has 0 N–H and O–H groups in total. The summed E-state index contributed by atoms with van der Waals surface area (Å²) in [6.07, 6.45) is 2.50. The van der Waals surface area contributed by atoms with E-state index in [1.807, 2.05) is 0 Å². The van der Waals surface area contributed by atoms with Gasteiger partial charge in [-0.3, -0.25) is 0 Å². The first-order valence-electron chi connectivity index (χ1n) is 7.65. The standard InChI is InChI=1S/C17H28N2/c1-15(2)17-8-6-16(7-9-17)5-4-10-19-13-11-18(3)12-14-19/h6-9,15H,4-5,10-14H2,1-3H3. The van der Waals surface area contributed by atoms with E-state index in [0.29, 0.717) is 5.92 Å². The van der Waals surface area contributed by atoms with Crippen LogP contribution in [0.2, 0.25) is 0 Å². The van der Waals surface area contributed by atoms with Crippen molar-refractivity contribution in [2.45, 2.75) is 32.6 Å². The monoisotopic (exact) mass is 260 g/mol. The zero-order valence-electron chi connectivity index (χ0n) is 12.7. The van der Waals surface area contributed by atoms with Crippen LogP contribution in [0.4, 0.5) is 0 Å². The van der Waals surface area contributed by atoms with Crippen molar-refractivity contribution < 1.29 is 0 Å². The van der Waals surface area contributed by atoms with Crippen molar-refractivity contribution in [3.63, 3.8) is 0 Å². The second-order valence-electron chi connectivity index (χ2n) is 6.14. The van der Waals surface area contributed by atoms with Crippen LogP contribution in [0, 0.1) is 0 Å². The van der Waals surface area contributed by atoms with Gasteiger partial charge >= 0.3 is 0 Å². The van der Waals surface area contributed by atoms with Crippen molar-refractivity contribution in [3.05, 3.63) is 35.4 Å². The Balaban J connectivity index is 1.70. The Morgan fingerprint density at radius 3 is 2.21 bits per heavy atom.